The van der Waals surface area contributed by atoms with Crippen LogP contribution >= 0.6 is 12.4 Å². The van der Waals surface area contributed by atoms with E-state index in [4.69, 9.17) is 4.74 Å². The van der Waals surface area contributed by atoms with Gasteiger partial charge in [0, 0.05) is 37.8 Å². The molecule has 1 saturated heterocycles. The van der Waals surface area contributed by atoms with Crippen LogP contribution in [0, 0.1) is 11.6 Å². The van der Waals surface area contributed by atoms with Crippen molar-refractivity contribution in [2.24, 2.45) is 0 Å². The highest BCUT2D eigenvalue weighted by Gasteiger charge is 2.22. The molecule has 1 fully saturated rings. The van der Waals surface area contributed by atoms with Crippen LogP contribution in [0.1, 0.15) is 20.3 Å². The van der Waals surface area contributed by atoms with Crippen LogP contribution in [0.2, 0.25) is 0 Å². The van der Waals surface area contributed by atoms with Crippen LogP contribution in [0.15, 0.2) is 18.2 Å². The number of hydrogen-bond donors (Lipinski definition) is 1. The Balaban J connectivity index is 0.00000242. The van der Waals surface area contributed by atoms with E-state index in [9.17, 15) is 13.6 Å². The summed E-state index contributed by atoms with van der Waals surface area (Å²) in [5, 5.41) is 2.57. The zero-order valence-electron chi connectivity index (χ0n) is 12.6. The maximum Gasteiger partial charge on any atom is 0.225 e. The minimum atomic E-state index is -0.969. The second kappa shape index (κ2) is 8.41. The maximum atomic E-state index is 13.0. The average molecular weight is 335 g/mol. The predicted molar refractivity (Wildman–Crippen MR) is 83.3 cm³/mol. The van der Waals surface area contributed by atoms with Crippen molar-refractivity contribution >= 4 is 24.0 Å². The minimum Gasteiger partial charge on any atom is -0.373 e. The van der Waals surface area contributed by atoms with E-state index >= 15 is 0 Å². The Hall–Kier alpha value is -1.24. The number of nitrogens with one attached hydrogen (secondary N) is 1. The average Bonchev–Trinajstić information content (AvgIpc) is 2.40. The molecule has 22 heavy (non-hydrogen) atoms. The van der Waals surface area contributed by atoms with Gasteiger partial charge in [-0.3, -0.25) is 9.69 Å². The van der Waals surface area contributed by atoms with Crippen molar-refractivity contribution < 1.29 is 18.3 Å². The summed E-state index contributed by atoms with van der Waals surface area (Å²) in [6, 6.07) is 3.32. The molecule has 0 bridgehead atoms. The number of amides is 1. The number of halogens is 3. The van der Waals surface area contributed by atoms with Crippen LogP contribution < -0.4 is 5.32 Å². The number of hydrogen-bond acceptors (Lipinski definition) is 3. The number of benzene rings is 1. The second-order valence-corrected chi connectivity index (χ2v) is 5.44. The first-order valence-electron chi connectivity index (χ1n) is 7.06. The topological polar surface area (TPSA) is 41.6 Å². The van der Waals surface area contributed by atoms with Crippen molar-refractivity contribution in [2.75, 3.05) is 25.0 Å². The summed E-state index contributed by atoms with van der Waals surface area (Å²) in [7, 11) is 0. The summed E-state index contributed by atoms with van der Waals surface area (Å²) in [6.45, 7) is 6.22. The van der Waals surface area contributed by atoms with Gasteiger partial charge in [0.15, 0.2) is 11.6 Å². The molecule has 4 nitrogen and oxygen atoms in total. The molecule has 1 heterocycles. The first kappa shape index (κ1) is 18.8. The molecule has 0 aliphatic carbocycles. The van der Waals surface area contributed by atoms with Crippen molar-refractivity contribution in [3.8, 4) is 0 Å². The van der Waals surface area contributed by atoms with Gasteiger partial charge in [0.25, 0.3) is 0 Å². The monoisotopic (exact) mass is 334 g/mol. The maximum absolute atomic E-state index is 13.0. The van der Waals surface area contributed by atoms with E-state index in [0.29, 0.717) is 13.0 Å². The van der Waals surface area contributed by atoms with Gasteiger partial charge in [0.2, 0.25) is 5.91 Å². The highest BCUT2D eigenvalue weighted by molar-refractivity contribution is 5.90. The number of rotatable bonds is 4. The number of nitrogens with zero attached hydrogens (tertiary/aromatic N) is 1. The van der Waals surface area contributed by atoms with E-state index in [-0.39, 0.29) is 36.2 Å². The number of carbonyl (C=O) groups is 1. The Morgan fingerprint density at radius 1 is 1.27 bits per heavy atom. The van der Waals surface area contributed by atoms with E-state index in [0.717, 1.165) is 25.2 Å². The van der Waals surface area contributed by atoms with Crippen LogP contribution in [0.25, 0.3) is 0 Å². The van der Waals surface area contributed by atoms with Gasteiger partial charge in [-0.2, -0.15) is 0 Å². The van der Waals surface area contributed by atoms with Gasteiger partial charge in [0.05, 0.1) is 12.2 Å². The lowest BCUT2D eigenvalue weighted by molar-refractivity contribution is -0.117. The lowest BCUT2D eigenvalue weighted by Crippen LogP contribution is -2.46. The second-order valence-electron chi connectivity index (χ2n) is 5.44. The largest absolute Gasteiger partial charge is 0.373 e. The van der Waals surface area contributed by atoms with Crippen molar-refractivity contribution in [3.05, 3.63) is 29.8 Å². The van der Waals surface area contributed by atoms with Crippen LogP contribution in [0.3, 0.4) is 0 Å². The Morgan fingerprint density at radius 3 is 2.50 bits per heavy atom. The van der Waals surface area contributed by atoms with E-state index in [2.05, 4.69) is 10.2 Å². The molecule has 0 radical (unpaired) electrons. The molecular weight excluding hydrogens is 314 g/mol. The third kappa shape index (κ3) is 5.51. The molecule has 1 aliphatic rings. The Labute approximate surface area is 135 Å². The van der Waals surface area contributed by atoms with Gasteiger partial charge in [0.1, 0.15) is 0 Å². The van der Waals surface area contributed by atoms with E-state index in [1.807, 2.05) is 13.8 Å². The van der Waals surface area contributed by atoms with Crippen molar-refractivity contribution in [1.82, 2.24) is 4.90 Å². The molecule has 2 unspecified atom stereocenters. The third-order valence-corrected chi connectivity index (χ3v) is 3.35. The normalized spacial score (nSPS) is 22.0. The highest BCUT2D eigenvalue weighted by Crippen LogP contribution is 2.14. The van der Waals surface area contributed by atoms with Crippen LogP contribution in [-0.4, -0.2) is 42.6 Å². The highest BCUT2D eigenvalue weighted by atomic mass is 35.5. The summed E-state index contributed by atoms with van der Waals surface area (Å²) < 4.78 is 31.5. The fourth-order valence-electron chi connectivity index (χ4n) is 2.52. The van der Waals surface area contributed by atoms with Crippen molar-refractivity contribution in [3.63, 3.8) is 0 Å². The zero-order valence-corrected chi connectivity index (χ0v) is 13.5. The summed E-state index contributed by atoms with van der Waals surface area (Å²) in [4.78, 5) is 14.0. The van der Waals surface area contributed by atoms with Gasteiger partial charge in [-0.1, -0.05) is 0 Å². The molecule has 1 aromatic carbocycles. The summed E-state index contributed by atoms with van der Waals surface area (Å²) in [5.41, 5.74) is 0.266. The number of anilines is 1. The molecule has 1 aliphatic heterocycles. The van der Waals surface area contributed by atoms with Gasteiger partial charge in [-0.05, 0) is 26.0 Å². The van der Waals surface area contributed by atoms with E-state index in [1.54, 1.807) is 0 Å². The zero-order chi connectivity index (χ0) is 15.4. The number of carbonyl (C=O) groups excluding carboxylic acids is 1. The van der Waals surface area contributed by atoms with Crippen LogP contribution in [-0.2, 0) is 9.53 Å². The summed E-state index contributed by atoms with van der Waals surface area (Å²) in [6.07, 6.45) is 0.615. The molecule has 124 valence electrons. The van der Waals surface area contributed by atoms with Gasteiger partial charge < -0.3 is 10.1 Å². The van der Waals surface area contributed by atoms with Gasteiger partial charge in [-0.25, -0.2) is 8.78 Å². The predicted octanol–water partition coefficient (Wildman–Crippen LogP) is 2.82. The van der Waals surface area contributed by atoms with Gasteiger partial charge >= 0.3 is 0 Å². The summed E-state index contributed by atoms with van der Waals surface area (Å²) >= 11 is 0. The fourth-order valence-corrected chi connectivity index (χ4v) is 2.52. The molecule has 1 amide bonds. The first-order valence-corrected chi connectivity index (χ1v) is 7.06. The molecule has 0 saturated carbocycles. The lowest BCUT2D eigenvalue weighted by Gasteiger charge is -2.35. The molecule has 2 atom stereocenters. The SMILES string of the molecule is CC1CN(CCC(=O)Nc2ccc(F)c(F)c2)CC(C)O1.Cl. The number of morpholine rings is 1. The van der Waals surface area contributed by atoms with E-state index in [1.165, 1.54) is 6.07 Å². The minimum absolute atomic E-state index is 0. The Bertz CT molecular complexity index is 506. The molecular formula is C15H21ClF2N2O2. The molecule has 1 N–H and O–H groups in total. The third-order valence-electron chi connectivity index (χ3n) is 3.35. The smallest absolute Gasteiger partial charge is 0.225 e. The van der Waals surface area contributed by atoms with Crippen LogP contribution in [0.5, 0.6) is 0 Å². The van der Waals surface area contributed by atoms with Crippen molar-refractivity contribution in [2.45, 2.75) is 32.5 Å². The molecule has 7 heteroatoms. The lowest BCUT2D eigenvalue weighted by atomic mass is 10.2. The van der Waals surface area contributed by atoms with Crippen LogP contribution in [0.4, 0.5) is 14.5 Å². The summed E-state index contributed by atoms with van der Waals surface area (Å²) in [5.74, 6) is -2.11. The molecule has 2 rings (SSSR count). The van der Waals surface area contributed by atoms with Crippen molar-refractivity contribution in [1.29, 1.82) is 0 Å². The molecule has 0 spiro atoms. The first-order chi connectivity index (χ1) is 9.94. The number of ether oxygens (including phenoxy) is 1. The Morgan fingerprint density at radius 2 is 1.91 bits per heavy atom. The van der Waals surface area contributed by atoms with E-state index < -0.39 is 11.6 Å². The molecule has 0 aromatic heterocycles. The Kier molecular flexibility index (Phi) is 7.19. The van der Waals surface area contributed by atoms with Gasteiger partial charge in [-0.15, -0.1) is 12.4 Å². The standard InChI is InChI=1S/C15H20F2N2O2.ClH/c1-10-8-19(9-11(2)21-10)6-5-15(20)18-12-3-4-13(16)14(17)7-12;/h3-4,7,10-11H,5-6,8-9H2,1-2H3,(H,18,20);1H. The quantitative estimate of drug-likeness (QED) is 0.920. The fraction of sp³-hybridized carbons (Fsp3) is 0.533. The molecule has 1 aromatic rings.